The van der Waals surface area contributed by atoms with Crippen LogP contribution in [0.1, 0.15) is 22.3 Å². The van der Waals surface area contributed by atoms with Crippen LogP contribution in [0.2, 0.25) is 0 Å². The molecule has 2 N–H and O–H groups in total. The molecule has 0 fully saturated rings. The van der Waals surface area contributed by atoms with Crippen LogP contribution < -0.4 is 10.6 Å². The zero-order valence-electron chi connectivity index (χ0n) is 14.9. The number of aryl methyl sites for hydroxylation is 3. The molecular weight excluding hydrogens is 327 g/mol. The van der Waals surface area contributed by atoms with Crippen LogP contribution in [-0.2, 0) is 0 Å². The van der Waals surface area contributed by atoms with Gasteiger partial charge in [-0.05, 0) is 68.3 Å². The summed E-state index contributed by atoms with van der Waals surface area (Å²) in [5, 5.41) is 15.1. The Morgan fingerprint density at radius 2 is 1.58 bits per heavy atom. The van der Waals surface area contributed by atoms with E-state index in [-0.39, 0.29) is 5.82 Å². The Hall–Kier alpha value is -3.39. The van der Waals surface area contributed by atoms with Crippen LogP contribution in [0, 0.1) is 37.9 Å². The van der Waals surface area contributed by atoms with Crippen molar-refractivity contribution in [2.45, 2.75) is 20.8 Å². The molecule has 1 heterocycles. The molecule has 0 amide bonds. The fourth-order valence-corrected chi connectivity index (χ4v) is 2.87. The lowest BCUT2D eigenvalue weighted by molar-refractivity contribution is 0.627. The molecule has 2 aromatic carbocycles. The van der Waals surface area contributed by atoms with Gasteiger partial charge in [-0.2, -0.15) is 5.26 Å². The minimum absolute atomic E-state index is 0.165. The van der Waals surface area contributed by atoms with Crippen molar-refractivity contribution < 1.29 is 4.39 Å². The van der Waals surface area contributed by atoms with Gasteiger partial charge in [0.1, 0.15) is 5.82 Å². The Morgan fingerprint density at radius 1 is 0.923 bits per heavy atom. The molecule has 0 saturated carbocycles. The average Bonchev–Trinajstić information content (AvgIpc) is 2.61. The standard InChI is InChI=1S/C21H19FN4/c1-13-10-14(2)20(15(3)11-13)26-21-18(22)8-9-19(25-21)24-17-6-4-16(12-23)5-7-17/h4-11H,1-3H3,(H2,24,25,26). The maximum atomic E-state index is 14.2. The molecule has 0 aliphatic rings. The van der Waals surface area contributed by atoms with Crippen LogP contribution >= 0.6 is 0 Å². The Bertz CT molecular complexity index is 965. The van der Waals surface area contributed by atoms with Gasteiger partial charge in [-0.1, -0.05) is 17.7 Å². The monoisotopic (exact) mass is 346 g/mol. The van der Waals surface area contributed by atoms with Crippen LogP contribution in [0.4, 0.5) is 27.4 Å². The van der Waals surface area contributed by atoms with Crippen LogP contribution in [0.25, 0.3) is 0 Å². The van der Waals surface area contributed by atoms with Crippen LogP contribution in [0.3, 0.4) is 0 Å². The number of hydrogen-bond acceptors (Lipinski definition) is 4. The van der Waals surface area contributed by atoms with Crippen molar-refractivity contribution in [3.05, 3.63) is 76.6 Å². The topological polar surface area (TPSA) is 60.7 Å². The molecule has 0 bridgehead atoms. The van der Waals surface area contributed by atoms with E-state index in [4.69, 9.17) is 5.26 Å². The molecule has 0 aliphatic carbocycles. The molecule has 0 atom stereocenters. The van der Waals surface area contributed by atoms with Crippen molar-refractivity contribution in [3.8, 4) is 6.07 Å². The van der Waals surface area contributed by atoms with E-state index in [0.29, 0.717) is 11.4 Å². The highest BCUT2D eigenvalue weighted by molar-refractivity contribution is 5.67. The summed E-state index contributed by atoms with van der Waals surface area (Å²) in [5.41, 5.74) is 5.45. The number of hydrogen-bond donors (Lipinski definition) is 2. The van der Waals surface area contributed by atoms with Gasteiger partial charge in [-0.15, -0.1) is 0 Å². The van der Waals surface area contributed by atoms with Crippen LogP contribution in [-0.4, -0.2) is 4.98 Å². The maximum Gasteiger partial charge on any atom is 0.168 e. The predicted molar refractivity (Wildman–Crippen MR) is 103 cm³/mol. The second kappa shape index (κ2) is 7.24. The van der Waals surface area contributed by atoms with Gasteiger partial charge in [0.15, 0.2) is 11.6 Å². The summed E-state index contributed by atoms with van der Waals surface area (Å²) < 4.78 is 14.2. The van der Waals surface area contributed by atoms with E-state index in [1.165, 1.54) is 6.07 Å². The largest absolute Gasteiger partial charge is 0.340 e. The van der Waals surface area contributed by atoms with Crippen molar-refractivity contribution in [1.82, 2.24) is 4.98 Å². The van der Waals surface area contributed by atoms with E-state index in [0.717, 1.165) is 28.1 Å². The average molecular weight is 346 g/mol. The minimum Gasteiger partial charge on any atom is -0.340 e. The van der Waals surface area contributed by atoms with Crippen molar-refractivity contribution in [2.24, 2.45) is 0 Å². The maximum absolute atomic E-state index is 14.2. The fourth-order valence-electron chi connectivity index (χ4n) is 2.87. The number of benzene rings is 2. The second-order valence-corrected chi connectivity index (χ2v) is 6.24. The number of anilines is 4. The molecule has 0 spiro atoms. The summed E-state index contributed by atoms with van der Waals surface area (Å²) in [7, 11) is 0. The molecule has 3 aromatic rings. The summed E-state index contributed by atoms with van der Waals surface area (Å²) in [4.78, 5) is 4.35. The molecule has 0 aliphatic heterocycles. The third kappa shape index (κ3) is 3.81. The first kappa shape index (κ1) is 17.4. The lowest BCUT2D eigenvalue weighted by Gasteiger charge is -2.15. The summed E-state index contributed by atoms with van der Waals surface area (Å²) in [6, 6.07) is 16.1. The van der Waals surface area contributed by atoms with Gasteiger partial charge in [0.2, 0.25) is 0 Å². The van der Waals surface area contributed by atoms with Crippen molar-refractivity contribution in [2.75, 3.05) is 10.6 Å². The van der Waals surface area contributed by atoms with Gasteiger partial charge in [0, 0.05) is 11.4 Å². The third-order valence-electron chi connectivity index (χ3n) is 4.05. The number of nitriles is 1. The van der Waals surface area contributed by atoms with Gasteiger partial charge in [0.05, 0.1) is 11.6 Å². The Morgan fingerprint density at radius 3 is 2.19 bits per heavy atom. The van der Waals surface area contributed by atoms with E-state index in [2.05, 4.69) is 21.7 Å². The van der Waals surface area contributed by atoms with Gasteiger partial charge in [-0.25, -0.2) is 9.37 Å². The molecule has 0 radical (unpaired) electrons. The molecule has 1 aromatic heterocycles. The molecule has 26 heavy (non-hydrogen) atoms. The van der Waals surface area contributed by atoms with Gasteiger partial charge >= 0.3 is 0 Å². The SMILES string of the molecule is Cc1cc(C)c(Nc2nc(Nc3ccc(C#N)cc3)ccc2F)c(C)c1. The lowest BCUT2D eigenvalue weighted by atomic mass is 10.1. The van der Waals surface area contributed by atoms with Gasteiger partial charge < -0.3 is 10.6 Å². The van der Waals surface area contributed by atoms with E-state index in [9.17, 15) is 4.39 Å². The molecule has 0 unspecified atom stereocenters. The first-order valence-corrected chi connectivity index (χ1v) is 8.25. The Labute approximate surface area is 152 Å². The first-order valence-electron chi connectivity index (χ1n) is 8.25. The highest BCUT2D eigenvalue weighted by atomic mass is 19.1. The fraction of sp³-hybridized carbons (Fsp3) is 0.143. The predicted octanol–water partition coefficient (Wildman–Crippen LogP) is 5.50. The molecule has 5 heteroatoms. The van der Waals surface area contributed by atoms with E-state index in [1.54, 1.807) is 30.3 Å². The minimum atomic E-state index is -0.422. The molecule has 4 nitrogen and oxygen atoms in total. The number of pyridine rings is 1. The smallest absolute Gasteiger partial charge is 0.168 e. The number of aromatic nitrogens is 1. The molecule has 3 rings (SSSR count). The summed E-state index contributed by atoms with van der Waals surface area (Å²) in [6.45, 7) is 6.00. The highest BCUT2D eigenvalue weighted by Crippen LogP contribution is 2.27. The Kier molecular flexibility index (Phi) is 4.85. The van der Waals surface area contributed by atoms with Crippen molar-refractivity contribution >= 4 is 23.0 Å². The van der Waals surface area contributed by atoms with E-state index >= 15 is 0 Å². The molecule has 0 saturated heterocycles. The van der Waals surface area contributed by atoms with Crippen molar-refractivity contribution in [1.29, 1.82) is 5.26 Å². The highest BCUT2D eigenvalue weighted by Gasteiger charge is 2.10. The van der Waals surface area contributed by atoms with Crippen molar-refractivity contribution in [3.63, 3.8) is 0 Å². The summed E-state index contributed by atoms with van der Waals surface area (Å²) in [5.74, 6) is 0.259. The quantitative estimate of drug-likeness (QED) is 0.654. The zero-order valence-corrected chi connectivity index (χ0v) is 14.9. The summed E-state index contributed by atoms with van der Waals surface area (Å²) >= 11 is 0. The van der Waals surface area contributed by atoms with Gasteiger partial charge in [-0.3, -0.25) is 0 Å². The number of halogens is 1. The van der Waals surface area contributed by atoms with Crippen LogP contribution in [0.5, 0.6) is 0 Å². The molecular formula is C21H19FN4. The number of nitrogens with zero attached hydrogens (tertiary/aromatic N) is 2. The van der Waals surface area contributed by atoms with E-state index < -0.39 is 5.82 Å². The third-order valence-corrected chi connectivity index (χ3v) is 4.05. The molecule has 130 valence electrons. The normalized spacial score (nSPS) is 10.3. The zero-order chi connectivity index (χ0) is 18.7. The van der Waals surface area contributed by atoms with Gasteiger partial charge in [0.25, 0.3) is 0 Å². The first-order chi connectivity index (χ1) is 12.5. The Balaban J connectivity index is 1.87. The summed E-state index contributed by atoms with van der Waals surface area (Å²) in [6.07, 6.45) is 0. The second-order valence-electron chi connectivity index (χ2n) is 6.24. The number of nitrogens with one attached hydrogen (secondary N) is 2. The number of rotatable bonds is 4. The van der Waals surface area contributed by atoms with Crippen LogP contribution in [0.15, 0.2) is 48.5 Å². The van der Waals surface area contributed by atoms with E-state index in [1.807, 2.05) is 32.9 Å². The lowest BCUT2D eigenvalue weighted by Crippen LogP contribution is -2.03.